The SMILES string of the molecule is CC(CC(=O)[O-])c1nc2ccccc2s1. The van der Waals surface area contributed by atoms with Crippen molar-refractivity contribution < 1.29 is 9.90 Å². The average Bonchev–Trinajstić information content (AvgIpc) is 2.59. The van der Waals surface area contributed by atoms with E-state index in [0.717, 1.165) is 15.2 Å². The molecule has 1 unspecified atom stereocenters. The Balaban J connectivity index is 2.32. The molecule has 2 aromatic rings. The van der Waals surface area contributed by atoms with Crippen LogP contribution in [-0.4, -0.2) is 11.0 Å². The Morgan fingerprint density at radius 1 is 1.53 bits per heavy atom. The van der Waals surface area contributed by atoms with Crippen LogP contribution in [0.5, 0.6) is 0 Å². The first kappa shape index (κ1) is 10.1. The highest BCUT2D eigenvalue weighted by molar-refractivity contribution is 7.18. The van der Waals surface area contributed by atoms with Gasteiger partial charge in [0, 0.05) is 11.9 Å². The fourth-order valence-electron chi connectivity index (χ4n) is 1.44. The molecule has 0 bridgehead atoms. The van der Waals surface area contributed by atoms with Gasteiger partial charge in [-0.25, -0.2) is 4.98 Å². The number of thiazole rings is 1. The predicted molar refractivity (Wildman–Crippen MR) is 57.7 cm³/mol. The molecular formula is C11H10NO2S-. The number of carboxylic acids is 1. The van der Waals surface area contributed by atoms with Gasteiger partial charge in [-0.05, 0) is 18.6 Å². The standard InChI is InChI=1S/C11H11NO2S/c1-7(6-10(13)14)11-12-8-4-2-3-5-9(8)15-11/h2-5,7H,6H2,1H3,(H,13,14)/p-1. The quantitative estimate of drug-likeness (QED) is 0.788. The van der Waals surface area contributed by atoms with Crippen LogP contribution in [0.3, 0.4) is 0 Å². The van der Waals surface area contributed by atoms with Crippen LogP contribution in [0.2, 0.25) is 0 Å². The maximum atomic E-state index is 10.5. The molecule has 1 aromatic carbocycles. The van der Waals surface area contributed by atoms with Crippen LogP contribution in [0.4, 0.5) is 0 Å². The van der Waals surface area contributed by atoms with Crippen LogP contribution in [-0.2, 0) is 4.79 Å². The molecule has 0 N–H and O–H groups in total. The van der Waals surface area contributed by atoms with Gasteiger partial charge in [0.15, 0.2) is 0 Å². The van der Waals surface area contributed by atoms with Gasteiger partial charge in [0.2, 0.25) is 0 Å². The summed E-state index contributed by atoms with van der Waals surface area (Å²) in [6, 6.07) is 7.80. The lowest BCUT2D eigenvalue weighted by Gasteiger charge is -2.07. The van der Waals surface area contributed by atoms with Gasteiger partial charge in [-0.3, -0.25) is 0 Å². The van der Waals surface area contributed by atoms with Gasteiger partial charge < -0.3 is 9.90 Å². The summed E-state index contributed by atoms with van der Waals surface area (Å²) in [6.45, 7) is 1.85. The highest BCUT2D eigenvalue weighted by atomic mass is 32.1. The number of carbonyl (C=O) groups is 1. The molecule has 4 heteroatoms. The number of aliphatic carboxylic acids is 1. The van der Waals surface area contributed by atoms with Gasteiger partial charge in [-0.2, -0.15) is 0 Å². The van der Waals surface area contributed by atoms with Crippen molar-refractivity contribution in [1.82, 2.24) is 4.98 Å². The van der Waals surface area contributed by atoms with E-state index in [1.54, 1.807) is 11.3 Å². The molecule has 3 nitrogen and oxygen atoms in total. The number of para-hydroxylation sites is 1. The van der Waals surface area contributed by atoms with Gasteiger partial charge in [-0.1, -0.05) is 19.1 Å². The van der Waals surface area contributed by atoms with Crippen molar-refractivity contribution in [3.8, 4) is 0 Å². The maximum Gasteiger partial charge on any atom is 0.0970 e. The van der Waals surface area contributed by atoms with Crippen molar-refractivity contribution in [1.29, 1.82) is 0 Å². The third-order valence-corrected chi connectivity index (χ3v) is 3.47. The molecule has 0 aliphatic rings. The minimum absolute atomic E-state index is 0.0276. The van der Waals surface area contributed by atoms with Crippen LogP contribution in [0.1, 0.15) is 24.3 Å². The van der Waals surface area contributed by atoms with Crippen LogP contribution < -0.4 is 5.11 Å². The molecule has 0 aliphatic carbocycles. The lowest BCUT2D eigenvalue weighted by Crippen LogP contribution is -2.23. The van der Waals surface area contributed by atoms with Gasteiger partial charge >= 0.3 is 0 Å². The molecule has 0 aliphatic heterocycles. The summed E-state index contributed by atoms with van der Waals surface area (Å²) in [7, 11) is 0. The number of aromatic nitrogens is 1. The number of nitrogens with zero attached hydrogens (tertiary/aromatic N) is 1. The Morgan fingerprint density at radius 3 is 2.93 bits per heavy atom. The topological polar surface area (TPSA) is 53.0 Å². The number of fused-ring (bicyclic) bond motifs is 1. The maximum absolute atomic E-state index is 10.5. The van der Waals surface area contributed by atoms with Crippen molar-refractivity contribution in [3.05, 3.63) is 29.3 Å². The summed E-state index contributed by atoms with van der Waals surface area (Å²) in [5.74, 6) is -1.10. The van der Waals surface area contributed by atoms with Crippen molar-refractivity contribution in [2.45, 2.75) is 19.3 Å². The van der Waals surface area contributed by atoms with Gasteiger partial charge in [0.1, 0.15) is 0 Å². The molecule has 0 spiro atoms. The Kier molecular flexibility index (Phi) is 2.68. The molecule has 0 saturated carbocycles. The molecular weight excluding hydrogens is 210 g/mol. The second-order valence-electron chi connectivity index (χ2n) is 3.50. The smallest absolute Gasteiger partial charge is 0.0970 e. The molecule has 1 atom stereocenters. The predicted octanol–water partition coefficient (Wildman–Crippen LogP) is 1.54. The molecule has 0 saturated heterocycles. The van der Waals surface area contributed by atoms with Gasteiger partial charge in [0.25, 0.3) is 0 Å². The third kappa shape index (κ3) is 2.15. The van der Waals surface area contributed by atoms with E-state index in [0.29, 0.717) is 0 Å². The summed E-state index contributed by atoms with van der Waals surface area (Å²) >= 11 is 1.55. The fraction of sp³-hybridized carbons (Fsp3) is 0.273. The van der Waals surface area contributed by atoms with Crippen molar-refractivity contribution in [2.24, 2.45) is 0 Å². The average molecular weight is 220 g/mol. The van der Waals surface area contributed by atoms with E-state index < -0.39 is 5.97 Å². The molecule has 0 fully saturated rings. The van der Waals surface area contributed by atoms with E-state index in [2.05, 4.69) is 4.98 Å². The summed E-state index contributed by atoms with van der Waals surface area (Å²) in [6.07, 6.45) is 0.0276. The molecule has 2 rings (SSSR count). The Bertz CT molecular complexity index is 459. The monoisotopic (exact) mass is 220 g/mol. The summed E-state index contributed by atoms with van der Waals surface area (Å²) in [5, 5.41) is 11.3. The minimum atomic E-state index is -1.03. The number of rotatable bonds is 3. The van der Waals surface area contributed by atoms with Crippen LogP contribution in [0.15, 0.2) is 24.3 Å². The molecule has 15 heavy (non-hydrogen) atoms. The highest BCUT2D eigenvalue weighted by Gasteiger charge is 2.11. The number of carbonyl (C=O) groups excluding carboxylic acids is 1. The highest BCUT2D eigenvalue weighted by Crippen LogP contribution is 2.28. The first-order valence-corrected chi connectivity index (χ1v) is 5.54. The summed E-state index contributed by atoms with van der Waals surface area (Å²) in [4.78, 5) is 14.9. The normalized spacial score (nSPS) is 12.9. The zero-order valence-corrected chi connectivity index (χ0v) is 9.08. The molecule has 1 heterocycles. The van der Waals surface area contributed by atoms with Crippen molar-refractivity contribution >= 4 is 27.5 Å². The third-order valence-electron chi connectivity index (χ3n) is 2.20. The Labute approximate surface area is 91.4 Å². The number of hydrogen-bond acceptors (Lipinski definition) is 4. The number of benzene rings is 1. The van der Waals surface area contributed by atoms with E-state index in [-0.39, 0.29) is 12.3 Å². The largest absolute Gasteiger partial charge is 0.550 e. The van der Waals surface area contributed by atoms with Crippen molar-refractivity contribution in [3.63, 3.8) is 0 Å². The van der Waals surface area contributed by atoms with E-state index in [1.165, 1.54) is 0 Å². The second-order valence-corrected chi connectivity index (χ2v) is 4.56. The van der Waals surface area contributed by atoms with Gasteiger partial charge in [0.05, 0.1) is 15.2 Å². The summed E-state index contributed by atoms with van der Waals surface area (Å²) in [5.41, 5.74) is 0.933. The van der Waals surface area contributed by atoms with E-state index >= 15 is 0 Å². The molecule has 1 aromatic heterocycles. The van der Waals surface area contributed by atoms with E-state index in [4.69, 9.17) is 0 Å². The number of carboxylic acid groups (broad SMARTS) is 1. The van der Waals surface area contributed by atoms with Crippen molar-refractivity contribution in [2.75, 3.05) is 0 Å². The van der Waals surface area contributed by atoms with Crippen LogP contribution >= 0.6 is 11.3 Å². The number of hydrogen-bond donors (Lipinski definition) is 0. The lowest BCUT2D eigenvalue weighted by molar-refractivity contribution is -0.306. The summed E-state index contributed by atoms with van der Waals surface area (Å²) < 4.78 is 1.10. The van der Waals surface area contributed by atoms with Crippen LogP contribution in [0, 0.1) is 0 Å². The first-order valence-electron chi connectivity index (χ1n) is 4.72. The molecule has 0 amide bonds. The Hall–Kier alpha value is -1.42. The van der Waals surface area contributed by atoms with Gasteiger partial charge in [-0.15, -0.1) is 11.3 Å². The molecule has 78 valence electrons. The zero-order valence-electron chi connectivity index (χ0n) is 8.27. The minimum Gasteiger partial charge on any atom is -0.550 e. The fourth-order valence-corrected chi connectivity index (χ4v) is 2.46. The van der Waals surface area contributed by atoms with Crippen LogP contribution in [0.25, 0.3) is 10.2 Å². The Morgan fingerprint density at radius 2 is 2.27 bits per heavy atom. The molecule has 0 radical (unpaired) electrons. The lowest BCUT2D eigenvalue weighted by atomic mass is 10.1. The van der Waals surface area contributed by atoms with E-state index in [1.807, 2.05) is 31.2 Å². The first-order chi connectivity index (χ1) is 7.16. The van der Waals surface area contributed by atoms with E-state index in [9.17, 15) is 9.90 Å². The second kappa shape index (κ2) is 3.98. The zero-order chi connectivity index (χ0) is 10.8.